The fraction of sp³-hybridized carbons (Fsp3) is 0.500. The Balaban J connectivity index is 2.14. The SMILES string of the molecule is CC(CO)CNC(=O)CCCOc1ccccc1Br. The fourth-order valence-electron chi connectivity index (χ4n) is 1.42. The van der Waals surface area contributed by atoms with Gasteiger partial charge in [-0.1, -0.05) is 19.1 Å². The highest BCUT2D eigenvalue weighted by Gasteiger charge is 2.05. The molecule has 0 aliphatic carbocycles. The molecule has 0 heterocycles. The van der Waals surface area contributed by atoms with Crippen molar-refractivity contribution in [2.45, 2.75) is 19.8 Å². The second kappa shape index (κ2) is 8.93. The molecular weight excluding hydrogens is 310 g/mol. The van der Waals surface area contributed by atoms with Gasteiger partial charge in [0.15, 0.2) is 0 Å². The van der Waals surface area contributed by atoms with Crippen LogP contribution in [0.2, 0.25) is 0 Å². The summed E-state index contributed by atoms with van der Waals surface area (Å²) in [6.07, 6.45) is 1.10. The average molecular weight is 330 g/mol. The summed E-state index contributed by atoms with van der Waals surface area (Å²) >= 11 is 3.40. The van der Waals surface area contributed by atoms with Crippen LogP contribution in [-0.2, 0) is 4.79 Å². The third-order valence-electron chi connectivity index (χ3n) is 2.60. The van der Waals surface area contributed by atoms with Gasteiger partial charge in [-0.25, -0.2) is 0 Å². The van der Waals surface area contributed by atoms with E-state index in [-0.39, 0.29) is 18.4 Å². The molecule has 1 aromatic rings. The number of aliphatic hydroxyl groups excluding tert-OH is 1. The standard InChI is InChI=1S/C14H20BrNO3/c1-11(10-17)9-16-14(18)7-4-8-19-13-6-3-2-5-12(13)15/h2-3,5-6,11,17H,4,7-10H2,1H3,(H,16,18). The van der Waals surface area contributed by atoms with Crippen molar-refractivity contribution in [2.75, 3.05) is 19.8 Å². The van der Waals surface area contributed by atoms with Gasteiger partial charge in [0.2, 0.25) is 5.91 Å². The van der Waals surface area contributed by atoms with E-state index in [0.29, 0.717) is 26.0 Å². The maximum atomic E-state index is 11.5. The maximum absolute atomic E-state index is 11.5. The van der Waals surface area contributed by atoms with Crippen LogP contribution in [0.4, 0.5) is 0 Å². The zero-order chi connectivity index (χ0) is 14.1. The van der Waals surface area contributed by atoms with E-state index in [0.717, 1.165) is 10.2 Å². The van der Waals surface area contributed by atoms with E-state index in [1.165, 1.54) is 0 Å². The molecule has 1 unspecified atom stereocenters. The zero-order valence-electron chi connectivity index (χ0n) is 11.1. The van der Waals surface area contributed by atoms with Crippen LogP contribution in [0.1, 0.15) is 19.8 Å². The summed E-state index contributed by atoms with van der Waals surface area (Å²) < 4.78 is 6.48. The number of amides is 1. The predicted octanol–water partition coefficient (Wildman–Crippen LogP) is 2.35. The number of hydrogen-bond donors (Lipinski definition) is 2. The van der Waals surface area contributed by atoms with Gasteiger partial charge in [-0.15, -0.1) is 0 Å². The van der Waals surface area contributed by atoms with Crippen LogP contribution < -0.4 is 10.1 Å². The Morgan fingerprint density at radius 2 is 2.21 bits per heavy atom. The lowest BCUT2D eigenvalue weighted by atomic mass is 10.2. The predicted molar refractivity (Wildman–Crippen MR) is 78.1 cm³/mol. The third kappa shape index (κ3) is 6.59. The van der Waals surface area contributed by atoms with Crippen molar-refractivity contribution in [1.29, 1.82) is 0 Å². The van der Waals surface area contributed by atoms with E-state index in [1.807, 2.05) is 31.2 Å². The number of hydrogen-bond acceptors (Lipinski definition) is 3. The highest BCUT2D eigenvalue weighted by Crippen LogP contribution is 2.23. The van der Waals surface area contributed by atoms with Crippen molar-refractivity contribution >= 4 is 21.8 Å². The summed E-state index contributed by atoms with van der Waals surface area (Å²) in [6.45, 7) is 2.99. The van der Waals surface area contributed by atoms with Gasteiger partial charge in [-0.05, 0) is 40.4 Å². The smallest absolute Gasteiger partial charge is 0.220 e. The minimum atomic E-state index is -0.00368. The highest BCUT2D eigenvalue weighted by molar-refractivity contribution is 9.10. The number of aliphatic hydroxyl groups is 1. The molecule has 4 nitrogen and oxygen atoms in total. The summed E-state index contributed by atoms with van der Waals surface area (Å²) in [7, 11) is 0. The van der Waals surface area contributed by atoms with Crippen LogP contribution in [-0.4, -0.2) is 30.8 Å². The van der Waals surface area contributed by atoms with Crippen molar-refractivity contribution in [3.8, 4) is 5.75 Å². The molecule has 0 saturated heterocycles. The molecule has 19 heavy (non-hydrogen) atoms. The van der Waals surface area contributed by atoms with Gasteiger partial charge in [0, 0.05) is 19.6 Å². The second-order valence-electron chi connectivity index (χ2n) is 4.47. The molecule has 0 aliphatic rings. The second-order valence-corrected chi connectivity index (χ2v) is 5.33. The van der Waals surface area contributed by atoms with E-state index in [2.05, 4.69) is 21.2 Å². The van der Waals surface area contributed by atoms with E-state index in [4.69, 9.17) is 9.84 Å². The number of para-hydroxylation sites is 1. The van der Waals surface area contributed by atoms with E-state index in [1.54, 1.807) is 0 Å². The largest absolute Gasteiger partial charge is 0.492 e. The molecule has 0 spiro atoms. The molecule has 1 aromatic carbocycles. The summed E-state index contributed by atoms with van der Waals surface area (Å²) in [6, 6.07) is 7.63. The van der Waals surface area contributed by atoms with Crippen molar-refractivity contribution in [3.63, 3.8) is 0 Å². The monoisotopic (exact) mass is 329 g/mol. The summed E-state index contributed by atoms with van der Waals surface area (Å²) in [5.41, 5.74) is 0. The van der Waals surface area contributed by atoms with E-state index < -0.39 is 0 Å². The van der Waals surface area contributed by atoms with Crippen LogP contribution in [0, 0.1) is 5.92 Å². The zero-order valence-corrected chi connectivity index (χ0v) is 12.6. The Bertz CT molecular complexity index is 398. The summed E-state index contributed by atoms with van der Waals surface area (Å²) in [5.74, 6) is 0.883. The molecule has 5 heteroatoms. The van der Waals surface area contributed by atoms with Crippen molar-refractivity contribution in [2.24, 2.45) is 5.92 Å². The normalized spacial score (nSPS) is 11.9. The maximum Gasteiger partial charge on any atom is 0.220 e. The molecule has 1 amide bonds. The number of benzene rings is 1. The van der Waals surface area contributed by atoms with Crippen LogP contribution in [0.5, 0.6) is 5.75 Å². The van der Waals surface area contributed by atoms with Crippen molar-refractivity contribution < 1.29 is 14.6 Å². The molecule has 0 aromatic heterocycles. The number of carbonyl (C=O) groups is 1. The lowest BCUT2D eigenvalue weighted by molar-refractivity contribution is -0.121. The molecule has 1 rings (SSSR count). The number of nitrogens with one attached hydrogen (secondary N) is 1. The number of ether oxygens (including phenoxy) is 1. The van der Waals surface area contributed by atoms with Gasteiger partial charge >= 0.3 is 0 Å². The molecule has 0 saturated carbocycles. The quantitative estimate of drug-likeness (QED) is 0.720. The first kappa shape index (κ1) is 16.0. The number of rotatable bonds is 8. The molecule has 0 bridgehead atoms. The molecule has 0 aliphatic heterocycles. The molecule has 1 atom stereocenters. The van der Waals surface area contributed by atoms with E-state index >= 15 is 0 Å². The number of halogens is 1. The third-order valence-corrected chi connectivity index (χ3v) is 3.26. The van der Waals surface area contributed by atoms with Gasteiger partial charge in [0.05, 0.1) is 11.1 Å². The first-order valence-electron chi connectivity index (χ1n) is 6.38. The highest BCUT2D eigenvalue weighted by atomic mass is 79.9. The van der Waals surface area contributed by atoms with Crippen LogP contribution in [0.3, 0.4) is 0 Å². The Morgan fingerprint density at radius 1 is 1.47 bits per heavy atom. The molecule has 0 radical (unpaired) electrons. The van der Waals surface area contributed by atoms with Crippen LogP contribution >= 0.6 is 15.9 Å². The van der Waals surface area contributed by atoms with Crippen molar-refractivity contribution in [1.82, 2.24) is 5.32 Å². The topological polar surface area (TPSA) is 58.6 Å². The van der Waals surface area contributed by atoms with Gasteiger partial charge < -0.3 is 15.2 Å². The Labute approximate surface area is 122 Å². The average Bonchev–Trinajstić information content (AvgIpc) is 2.42. The molecular formula is C14H20BrNO3. The van der Waals surface area contributed by atoms with Crippen molar-refractivity contribution in [3.05, 3.63) is 28.7 Å². The first-order valence-corrected chi connectivity index (χ1v) is 7.17. The number of carbonyl (C=O) groups excluding carboxylic acids is 1. The molecule has 2 N–H and O–H groups in total. The van der Waals surface area contributed by atoms with Gasteiger partial charge in [0.25, 0.3) is 0 Å². The van der Waals surface area contributed by atoms with Gasteiger partial charge in [-0.2, -0.15) is 0 Å². The lowest BCUT2D eigenvalue weighted by Gasteiger charge is -2.10. The van der Waals surface area contributed by atoms with E-state index in [9.17, 15) is 4.79 Å². The minimum Gasteiger partial charge on any atom is -0.492 e. The molecule has 106 valence electrons. The first-order chi connectivity index (χ1) is 9.13. The van der Waals surface area contributed by atoms with Crippen LogP contribution in [0.25, 0.3) is 0 Å². The lowest BCUT2D eigenvalue weighted by Crippen LogP contribution is -2.29. The van der Waals surface area contributed by atoms with Crippen LogP contribution in [0.15, 0.2) is 28.7 Å². The van der Waals surface area contributed by atoms with Gasteiger partial charge in [0.1, 0.15) is 5.75 Å². The Morgan fingerprint density at radius 3 is 2.89 bits per heavy atom. The minimum absolute atomic E-state index is 0.00368. The summed E-state index contributed by atoms with van der Waals surface area (Å²) in [5, 5.41) is 11.6. The fourth-order valence-corrected chi connectivity index (χ4v) is 1.82. The Kier molecular flexibility index (Phi) is 7.52. The summed E-state index contributed by atoms with van der Waals surface area (Å²) in [4.78, 5) is 11.5. The Hall–Kier alpha value is -1.07. The van der Waals surface area contributed by atoms with Gasteiger partial charge in [-0.3, -0.25) is 4.79 Å². The molecule has 0 fully saturated rings.